The van der Waals surface area contributed by atoms with E-state index < -0.39 is 121 Å². The van der Waals surface area contributed by atoms with Crippen LogP contribution in [0.3, 0.4) is 0 Å². The van der Waals surface area contributed by atoms with E-state index in [1.54, 1.807) is 12.1 Å². The van der Waals surface area contributed by atoms with Gasteiger partial charge in [0.25, 0.3) is 0 Å². The highest BCUT2D eigenvalue weighted by molar-refractivity contribution is 5.97. The number of phenolic OH excluding ortho intramolecular Hbond substituents is 4. The summed E-state index contributed by atoms with van der Waals surface area (Å²) < 4.78 is 0. The molecule has 0 aliphatic carbocycles. The number of carbonyl (C=O) groups excluding carboxylic acids is 7. The Bertz CT molecular complexity index is 2890. The van der Waals surface area contributed by atoms with Crippen LogP contribution < -0.4 is 43.0 Å². The molecule has 5 aromatic rings. The summed E-state index contributed by atoms with van der Waals surface area (Å²) in [6, 6.07) is 11.6. The fourth-order valence-electron chi connectivity index (χ4n) is 7.85. The Hall–Kier alpha value is -9.56. The fraction of sp³-hybridized carbons (Fsp3) is 0.321. The number of nitrogens with two attached hydrogens (primary N) is 1. The number of nitrogens with zero attached hydrogens (tertiary/aromatic N) is 1. The molecule has 5 rings (SSSR count). The first kappa shape index (κ1) is 60.3. The number of aliphatic hydroxyl groups is 1. The number of amides is 7. The number of nitrogens with one attached hydrogen (secondary N) is 8. The summed E-state index contributed by atoms with van der Waals surface area (Å²) >= 11 is 0. The number of carboxylic acid groups (broad SMARTS) is 2. The van der Waals surface area contributed by atoms with Crippen LogP contribution in [-0.2, 0) is 75.3 Å². The van der Waals surface area contributed by atoms with Gasteiger partial charge in [-0.1, -0.05) is 48.5 Å². The van der Waals surface area contributed by atoms with Crippen molar-refractivity contribution < 1.29 is 78.9 Å². The van der Waals surface area contributed by atoms with Crippen LogP contribution in [0.15, 0.2) is 110 Å². The smallest absolute Gasteiger partial charge is 0.328 e. The van der Waals surface area contributed by atoms with Crippen molar-refractivity contribution in [2.45, 2.75) is 100 Å². The van der Waals surface area contributed by atoms with Gasteiger partial charge in [-0.15, -0.1) is 0 Å². The molecule has 0 spiro atoms. The molecule has 8 atom stereocenters. The normalized spacial score (nSPS) is 14.0. The van der Waals surface area contributed by atoms with Gasteiger partial charge < -0.3 is 83.7 Å². The molecule has 0 fully saturated rings. The highest BCUT2D eigenvalue weighted by Crippen LogP contribution is 2.17. The van der Waals surface area contributed by atoms with Crippen molar-refractivity contribution in [3.8, 4) is 23.0 Å². The molecular formula is C53H62N10O16. The zero-order valence-corrected chi connectivity index (χ0v) is 42.5. The maximum Gasteiger partial charge on any atom is 0.328 e. The molecule has 0 saturated carbocycles. The van der Waals surface area contributed by atoms with E-state index in [9.17, 15) is 78.9 Å². The number of carboxylic acids is 2. The van der Waals surface area contributed by atoms with E-state index in [1.807, 2.05) is 0 Å². The zero-order chi connectivity index (χ0) is 57.8. The largest absolute Gasteiger partial charge is 0.508 e. The number of imidazole rings is 1. The summed E-state index contributed by atoms with van der Waals surface area (Å²) in [6.07, 6.45) is -1.43. The quantitative estimate of drug-likeness (QED) is 0.0257. The van der Waals surface area contributed by atoms with E-state index in [0.29, 0.717) is 22.3 Å². The van der Waals surface area contributed by atoms with Crippen molar-refractivity contribution in [2.24, 2.45) is 5.73 Å². The van der Waals surface area contributed by atoms with Crippen LogP contribution in [-0.4, -0.2) is 154 Å². The van der Waals surface area contributed by atoms with E-state index in [0.717, 1.165) is 6.92 Å². The Morgan fingerprint density at radius 2 is 0.873 bits per heavy atom. The van der Waals surface area contributed by atoms with Crippen LogP contribution in [0.25, 0.3) is 0 Å². The second-order valence-electron chi connectivity index (χ2n) is 18.4. The summed E-state index contributed by atoms with van der Waals surface area (Å²) in [5.74, 6) is -10.2. The Labute approximate surface area is 451 Å². The molecule has 8 unspecified atom stereocenters. The third kappa shape index (κ3) is 19.8. The minimum atomic E-state index is -1.83. The van der Waals surface area contributed by atoms with Crippen molar-refractivity contribution in [1.29, 1.82) is 0 Å². The molecule has 0 bridgehead atoms. The summed E-state index contributed by atoms with van der Waals surface area (Å²) in [7, 11) is 0. The molecule has 7 amide bonds. The number of benzene rings is 4. The van der Waals surface area contributed by atoms with Gasteiger partial charge in [-0.05, 0) is 90.6 Å². The maximum atomic E-state index is 14.6. The van der Waals surface area contributed by atoms with Crippen LogP contribution in [0.1, 0.15) is 47.7 Å². The molecule has 420 valence electrons. The molecule has 0 radical (unpaired) electrons. The highest BCUT2D eigenvalue weighted by Gasteiger charge is 2.35. The van der Waals surface area contributed by atoms with E-state index in [-0.39, 0.29) is 60.8 Å². The standard InChI is InChI=1S/C53H62N10O16/c1-28(64)46(53(78)79)63-52(77)42(23-32-8-16-37(68)17-9-32)60-48(73)39(18-19-45(70)71)59-51(76)43(24-33-25-55-27-57-33)62-50(75)41(22-31-6-14-36(67)15-7-31)61-49(74)40(21-30-4-12-35(66)13-5-30)58-44(69)26-56-47(72)38(54)20-29-2-10-34(65)11-3-29/h2-17,25,27-28,38-43,46,64-68H,18-24,26,54H2,1H3,(H,55,57)(H,56,72)(H,58,69)(H,59,76)(H,60,73)(H,61,74)(H,62,75)(H,63,77)(H,70,71)(H,78,79). The number of carbonyl (C=O) groups is 9. The lowest BCUT2D eigenvalue weighted by Crippen LogP contribution is -2.61. The number of H-pyrrole nitrogens is 1. The van der Waals surface area contributed by atoms with Crippen molar-refractivity contribution in [3.05, 3.63) is 138 Å². The van der Waals surface area contributed by atoms with E-state index in [1.165, 1.54) is 97.5 Å². The van der Waals surface area contributed by atoms with Gasteiger partial charge in [-0.3, -0.25) is 38.4 Å². The average Bonchev–Trinajstić information content (AvgIpc) is 3.95. The van der Waals surface area contributed by atoms with E-state index >= 15 is 0 Å². The Morgan fingerprint density at radius 3 is 1.25 bits per heavy atom. The SMILES string of the molecule is CC(O)C(NC(=O)C(Cc1ccc(O)cc1)NC(=O)C(CCC(=O)O)NC(=O)C(Cc1cnc[nH]1)NC(=O)C(Cc1ccc(O)cc1)NC(=O)C(Cc1ccc(O)cc1)NC(=O)CNC(=O)C(N)Cc1ccc(O)cc1)C(=O)O. The van der Waals surface area contributed by atoms with Gasteiger partial charge in [0, 0.05) is 44.0 Å². The number of aromatic hydroxyl groups is 4. The predicted octanol–water partition coefficient (Wildman–Crippen LogP) is -1.57. The highest BCUT2D eigenvalue weighted by atomic mass is 16.4. The molecule has 1 heterocycles. The van der Waals surface area contributed by atoms with Crippen LogP contribution in [0.2, 0.25) is 0 Å². The number of rotatable bonds is 29. The molecule has 79 heavy (non-hydrogen) atoms. The number of phenols is 4. The van der Waals surface area contributed by atoms with Crippen LogP contribution in [0.4, 0.5) is 0 Å². The number of hydrogen-bond acceptors (Lipinski definition) is 16. The van der Waals surface area contributed by atoms with E-state index in [4.69, 9.17) is 5.73 Å². The lowest BCUT2D eigenvalue weighted by Gasteiger charge is -2.28. The van der Waals surface area contributed by atoms with Gasteiger partial charge in [0.15, 0.2) is 6.04 Å². The van der Waals surface area contributed by atoms with Gasteiger partial charge in [0.05, 0.1) is 25.0 Å². The first-order chi connectivity index (χ1) is 37.5. The summed E-state index contributed by atoms with van der Waals surface area (Å²) in [5, 5.41) is 86.0. The van der Waals surface area contributed by atoms with Gasteiger partial charge in [-0.25, -0.2) is 9.78 Å². The first-order valence-corrected chi connectivity index (χ1v) is 24.6. The topological polar surface area (TPSA) is 434 Å². The molecule has 0 saturated heterocycles. The third-order valence-electron chi connectivity index (χ3n) is 12.1. The zero-order valence-electron chi connectivity index (χ0n) is 42.5. The molecule has 0 aliphatic rings. The van der Waals surface area contributed by atoms with Gasteiger partial charge in [0.1, 0.15) is 53.2 Å². The van der Waals surface area contributed by atoms with Crippen molar-refractivity contribution in [1.82, 2.24) is 47.2 Å². The second kappa shape index (κ2) is 29.1. The number of aromatic amines is 1. The van der Waals surface area contributed by atoms with Crippen molar-refractivity contribution >= 4 is 53.3 Å². The van der Waals surface area contributed by atoms with E-state index in [2.05, 4.69) is 47.2 Å². The molecule has 26 nitrogen and oxygen atoms in total. The number of aromatic nitrogens is 2. The first-order valence-electron chi connectivity index (χ1n) is 24.6. The molecular weight excluding hydrogens is 1030 g/mol. The molecule has 26 heteroatoms. The van der Waals surface area contributed by atoms with Crippen LogP contribution in [0.5, 0.6) is 23.0 Å². The molecule has 17 N–H and O–H groups in total. The van der Waals surface area contributed by atoms with Crippen LogP contribution in [0, 0.1) is 0 Å². The van der Waals surface area contributed by atoms with Crippen molar-refractivity contribution in [2.75, 3.05) is 6.54 Å². The average molecular weight is 1100 g/mol. The fourth-order valence-corrected chi connectivity index (χ4v) is 7.85. The monoisotopic (exact) mass is 1090 g/mol. The second-order valence-corrected chi connectivity index (χ2v) is 18.4. The molecule has 1 aromatic heterocycles. The number of aliphatic hydroxyl groups excluding tert-OH is 1. The lowest BCUT2D eigenvalue weighted by molar-refractivity contribution is -0.145. The maximum absolute atomic E-state index is 14.6. The van der Waals surface area contributed by atoms with Gasteiger partial charge in [0.2, 0.25) is 41.4 Å². The lowest BCUT2D eigenvalue weighted by atomic mass is 10.0. The Balaban J connectivity index is 1.40. The predicted molar refractivity (Wildman–Crippen MR) is 278 cm³/mol. The third-order valence-corrected chi connectivity index (χ3v) is 12.1. The summed E-state index contributed by atoms with van der Waals surface area (Å²) in [4.78, 5) is 128. The minimum absolute atomic E-state index is 0.00886. The number of hydrogen-bond donors (Lipinski definition) is 16. The molecule has 4 aromatic carbocycles. The minimum Gasteiger partial charge on any atom is -0.508 e. The Morgan fingerprint density at radius 1 is 0.506 bits per heavy atom. The van der Waals surface area contributed by atoms with Crippen LogP contribution >= 0.6 is 0 Å². The van der Waals surface area contributed by atoms with Crippen molar-refractivity contribution in [3.63, 3.8) is 0 Å². The van der Waals surface area contributed by atoms with Gasteiger partial charge in [-0.2, -0.15) is 0 Å². The Kier molecular flexibility index (Phi) is 22.2. The molecule has 0 aliphatic heterocycles. The summed E-state index contributed by atoms with van der Waals surface area (Å²) in [5.41, 5.74) is 8.15. The van der Waals surface area contributed by atoms with Gasteiger partial charge >= 0.3 is 11.9 Å². The summed E-state index contributed by atoms with van der Waals surface area (Å²) in [6.45, 7) is 0.463. The number of aliphatic carboxylic acids is 2.